The fourth-order valence-electron chi connectivity index (χ4n) is 7.93. The van der Waals surface area contributed by atoms with Crippen molar-refractivity contribution in [2.75, 3.05) is 5.73 Å². The number of nitrogens with two attached hydrogens (primary N) is 2. The Balaban J connectivity index is 1.26. The molecular weight excluding hydrogens is 683 g/mol. The Labute approximate surface area is 316 Å². The molecule has 6 rings (SSSR count). The van der Waals surface area contributed by atoms with Crippen molar-refractivity contribution in [2.24, 2.45) is 11.1 Å². The summed E-state index contributed by atoms with van der Waals surface area (Å²) in [6, 6.07) is 8.70. The van der Waals surface area contributed by atoms with Crippen molar-refractivity contribution in [3.8, 4) is 5.75 Å². The SMILES string of the molecule is C=C1CCCC(CC)(Cc2noc([C@H](Cc3c[nH]c4ccccc34)NC(=O)[C@H](Cc3c(C)cc(O)cc3C)NC(=O)[C@H](N)CCCn3ccnc3N)n2)C1. The van der Waals surface area contributed by atoms with Crippen LogP contribution in [-0.2, 0) is 35.4 Å². The minimum absolute atomic E-state index is 0.0193. The summed E-state index contributed by atoms with van der Waals surface area (Å²) in [7, 11) is 0. The number of phenols is 1. The zero-order valence-corrected chi connectivity index (χ0v) is 31.5. The maximum atomic E-state index is 14.5. The average Bonchev–Trinajstić information content (AvgIpc) is 3.89. The van der Waals surface area contributed by atoms with Gasteiger partial charge < -0.3 is 41.3 Å². The molecule has 0 aliphatic heterocycles. The lowest BCUT2D eigenvalue weighted by Gasteiger charge is -2.36. The second-order valence-electron chi connectivity index (χ2n) is 15.0. The van der Waals surface area contributed by atoms with Crippen molar-refractivity contribution < 1.29 is 19.2 Å². The van der Waals surface area contributed by atoms with Crippen LogP contribution in [0.15, 0.2) is 71.7 Å². The van der Waals surface area contributed by atoms with Crippen LogP contribution in [-0.4, -0.2) is 53.7 Å². The number of carbonyl (C=O) groups is 2. The predicted octanol–water partition coefficient (Wildman–Crippen LogP) is 5.66. The van der Waals surface area contributed by atoms with Crippen LogP contribution >= 0.6 is 0 Å². The lowest BCUT2D eigenvalue weighted by Crippen LogP contribution is -2.53. The molecule has 0 spiro atoms. The van der Waals surface area contributed by atoms with Gasteiger partial charge in [-0.15, -0.1) is 0 Å². The van der Waals surface area contributed by atoms with Crippen LogP contribution in [0.2, 0.25) is 0 Å². The number of benzene rings is 2. The molecule has 0 bridgehead atoms. The molecule has 4 atom stereocenters. The number of aromatic nitrogens is 5. The Morgan fingerprint density at radius 2 is 1.93 bits per heavy atom. The van der Waals surface area contributed by atoms with Crippen LogP contribution < -0.4 is 22.1 Å². The summed E-state index contributed by atoms with van der Waals surface area (Å²) >= 11 is 0. The van der Waals surface area contributed by atoms with Gasteiger partial charge in [-0.25, -0.2) is 4.98 Å². The first-order chi connectivity index (χ1) is 25.9. The van der Waals surface area contributed by atoms with E-state index in [1.165, 1.54) is 5.57 Å². The predicted molar refractivity (Wildman–Crippen MR) is 208 cm³/mol. The molecule has 1 fully saturated rings. The number of hydrogen-bond donors (Lipinski definition) is 6. The molecule has 286 valence electrons. The number of fused-ring (bicyclic) bond motifs is 1. The van der Waals surface area contributed by atoms with E-state index >= 15 is 0 Å². The summed E-state index contributed by atoms with van der Waals surface area (Å²) in [4.78, 5) is 40.3. The summed E-state index contributed by atoms with van der Waals surface area (Å²) in [5, 5.41) is 21.8. The van der Waals surface area contributed by atoms with E-state index in [0.29, 0.717) is 49.9 Å². The molecular formula is C41H53N9O4. The topological polar surface area (TPSA) is 203 Å². The number of para-hydroxylation sites is 1. The molecule has 2 amide bonds. The van der Waals surface area contributed by atoms with E-state index in [0.717, 1.165) is 65.3 Å². The summed E-state index contributed by atoms with van der Waals surface area (Å²) in [6.45, 7) is 10.8. The number of imidazole rings is 1. The molecule has 3 aromatic heterocycles. The number of nitrogen functional groups attached to an aromatic ring is 1. The van der Waals surface area contributed by atoms with Gasteiger partial charge in [-0.2, -0.15) is 4.98 Å². The van der Waals surface area contributed by atoms with Crippen LogP contribution in [0.25, 0.3) is 10.9 Å². The standard InChI is InChI=1S/C41H53N9O4/c1-5-41(14-8-10-25(2)22-41)23-36-48-39(54-49-36)35(20-28-24-45-33-13-7-6-11-30(28)33)47-38(53)34(21-31-26(3)18-29(51)19-27(31)4)46-37(52)32(42)12-9-16-50-17-15-44-40(50)43/h6-7,11,13,15,17-19,24,32,34-35,45,51H,2,5,8-10,12,14,16,20-23,42H2,1,3-4H3,(H2,43,44)(H,46,52)(H,47,53)/t32-,34+,35+,41?/m1/s1. The molecule has 8 N–H and O–H groups in total. The van der Waals surface area contributed by atoms with Crippen molar-refractivity contribution in [3.05, 3.63) is 101 Å². The lowest BCUT2D eigenvalue weighted by molar-refractivity contribution is -0.130. The molecule has 1 unspecified atom stereocenters. The Morgan fingerprint density at radius 3 is 2.65 bits per heavy atom. The van der Waals surface area contributed by atoms with Gasteiger partial charge in [0, 0.05) is 55.3 Å². The number of H-pyrrole nitrogens is 1. The zero-order valence-electron chi connectivity index (χ0n) is 31.5. The van der Waals surface area contributed by atoms with E-state index in [1.807, 2.05) is 44.3 Å². The minimum atomic E-state index is -1.00. The molecule has 1 aliphatic carbocycles. The fourth-order valence-corrected chi connectivity index (χ4v) is 7.93. The van der Waals surface area contributed by atoms with E-state index in [2.05, 4.69) is 39.3 Å². The van der Waals surface area contributed by atoms with Gasteiger partial charge >= 0.3 is 0 Å². The number of nitrogens with one attached hydrogen (secondary N) is 3. The van der Waals surface area contributed by atoms with Gasteiger partial charge in [-0.1, -0.05) is 42.4 Å². The van der Waals surface area contributed by atoms with E-state index in [4.69, 9.17) is 21.0 Å². The van der Waals surface area contributed by atoms with Crippen molar-refractivity contribution in [3.63, 3.8) is 0 Å². The van der Waals surface area contributed by atoms with Crippen LogP contribution in [0.4, 0.5) is 5.95 Å². The Hall–Kier alpha value is -5.43. The van der Waals surface area contributed by atoms with Gasteiger partial charge in [0.15, 0.2) is 11.8 Å². The minimum Gasteiger partial charge on any atom is -0.508 e. The van der Waals surface area contributed by atoms with Crippen molar-refractivity contribution >= 4 is 28.7 Å². The first kappa shape index (κ1) is 38.3. The van der Waals surface area contributed by atoms with E-state index in [1.54, 1.807) is 29.1 Å². The number of phenolic OH excluding ortho intramolecular Hbond substituents is 1. The first-order valence-corrected chi connectivity index (χ1v) is 18.9. The number of carbonyl (C=O) groups excluding carboxylic acids is 2. The highest BCUT2D eigenvalue weighted by Gasteiger charge is 2.35. The third kappa shape index (κ3) is 9.02. The average molecular weight is 736 g/mol. The molecule has 2 aromatic carbocycles. The number of aromatic amines is 1. The van der Waals surface area contributed by atoms with Crippen LogP contribution in [0.1, 0.15) is 91.9 Å². The van der Waals surface area contributed by atoms with Crippen LogP contribution in [0.3, 0.4) is 0 Å². The Bertz CT molecular complexity index is 2070. The molecule has 54 heavy (non-hydrogen) atoms. The van der Waals surface area contributed by atoms with Crippen LogP contribution in [0, 0.1) is 19.3 Å². The van der Waals surface area contributed by atoms with Gasteiger partial charge in [0.2, 0.25) is 17.7 Å². The van der Waals surface area contributed by atoms with E-state index in [9.17, 15) is 14.7 Å². The number of rotatable bonds is 16. The molecule has 0 radical (unpaired) electrons. The van der Waals surface area contributed by atoms with Crippen molar-refractivity contribution in [1.82, 2.24) is 35.3 Å². The summed E-state index contributed by atoms with van der Waals surface area (Å²) in [6.07, 6.45) is 12.6. The van der Waals surface area contributed by atoms with Crippen LogP contribution in [0.5, 0.6) is 5.75 Å². The summed E-state index contributed by atoms with van der Waals surface area (Å²) < 4.78 is 7.73. The van der Waals surface area contributed by atoms with Crippen molar-refractivity contribution in [2.45, 2.75) is 110 Å². The number of hydrogen-bond acceptors (Lipinski definition) is 9. The number of aryl methyl sites for hydroxylation is 3. The maximum absolute atomic E-state index is 14.5. The molecule has 0 saturated heterocycles. The quantitative estimate of drug-likeness (QED) is 0.0692. The van der Waals surface area contributed by atoms with E-state index < -0.39 is 29.9 Å². The lowest BCUT2D eigenvalue weighted by atomic mass is 9.68. The smallest absolute Gasteiger partial charge is 0.249 e. The third-order valence-electron chi connectivity index (χ3n) is 11.1. The monoisotopic (exact) mass is 735 g/mol. The maximum Gasteiger partial charge on any atom is 0.249 e. The molecule has 13 nitrogen and oxygen atoms in total. The number of anilines is 1. The molecule has 5 aromatic rings. The van der Waals surface area contributed by atoms with Gasteiger partial charge in [0.05, 0.1) is 6.04 Å². The highest BCUT2D eigenvalue weighted by atomic mass is 16.5. The highest BCUT2D eigenvalue weighted by Crippen LogP contribution is 2.43. The number of amides is 2. The second kappa shape index (κ2) is 16.7. The number of nitrogens with zero attached hydrogens (tertiary/aromatic N) is 4. The summed E-state index contributed by atoms with van der Waals surface area (Å²) in [5.74, 6) is 0.546. The molecule has 13 heteroatoms. The van der Waals surface area contributed by atoms with Gasteiger partial charge in [0.1, 0.15) is 17.8 Å². The van der Waals surface area contributed by atoms with E-state index in [-0.39, 0.29) is 17.6 Å². The van der Waals surface area contributed by atoms with Crippen molar-refractivity contribution in [1.29, 1.82) is 0 Å². The third-order valence-corrected chi connectivity index (χ3v) is 11.1. The largest absolute Gasteiger partial charge is 0.508 e. The molecule has 1 saturated carbocycles. The Morgan fingerprint density at radius 1 is 1.15 bits per heavy atom. The van der Waals surface area contributed by atoms with Gasteiger partial charge in [-0.05, 0) is 105 Å². The summed E-state index contributed by atoms with van der Waals surface area (Å²) in [5.41, 5.74) is 17.9. The van der Waals surface area contributed by atoms with Gasteiger partial charge in [0.25, 0.3) is 0 Å². The zero-order chi connectivity index (χ0) is 38.4. The second-order valence-corrected chi connectivity index (χ2v) is 15.0. The number of allylic oxidation sites excluding steroid dienone is 1. The van der Waals surface area contributed by atoms with Gasteiger partial charge in [-0.3, -0.25) is 9.59 Å². The molecule has 3 heterocycles. The fraction of sp³-hybridized carbons (Fsp3) is 0.439. The first-order valence-electron chi connectivity index (χ1n) is 18.9. The molecule has 1 aliphatic rings. The normalized spacial score (nSPS) is 17.7. The Kier molecular flexibility index (Phi) is 11.9. The highest BCUT2D eigenvalue weighted by molar-refractivity contribution is 5.90. The number of aromatic hydroxyl groups is 1.